The molecule has 0 spiro atoms. The topological polar surface area (TPSA) is 51.6 Å². The summed E-state index contributed by atoms with van der Waals surface area (Å²) in [4.78, 5) is 20.3. The van der Waals surface area contributed by atoms with Crippen LogP contribution in [-0.2, 0) is 0 Å². The van der Waals surface area contributed by atoms with E-state index < -0.39 is 0 Å². The summed E-state index contributed by atoms with van der Waals surface area (Å²) in [5.41, 5.74) is 9.65. The zero-order chi connectivity index (χ0) is 30.5. The molecule has 4 heteroatoms. The summed E-state index contributed by atoms with van der Waals surface area (Å²) in [6.45, 7) is 0. The Kier molecular flexibility index (Phi) is 6.10. The van der Waals surface area contributed by atoms with Crippen LogP contribution < -0.4 is 0 Å². The summed E-state index contributed by atoms with van der Waals surface area (Å²) >= 11 is 0. The van der Waals surface area contributed by atoms with Crippen LogP contribution in [0.2, 0.25) is 0 Å². The molecule has 0 atom stereocenters. The molecule has 0 aliphatic rings. The van der Waals surface area contributed by atoms with Gasteiger partial charge in [-0.25, -0.2) is 19.9 Å². The highest BCUT2D eigenvalue weighted by Crippen LogP contribution is 2.33. The van der Waals surface area contributed by atoms with Crippen LogP contribution in [0.5, 0.6) is 0 Å². The Morgan fingerprint density at radius 3 is 1.61 bits per heavy atom. The minimum Gasteiger partial charge on any atom is -0.245 e. The maximum absolute atomic E-state index is 5.15. The van der Waals surface area contributed by atoms with Gasteiger partial charge in [0, 0.05) is 38.4 Å². The van der Waals surface area contributed by atoms with Crippen LogP contribution in [0.15, 0.2) is 158 Å². The lowest BCUT2D eigenvalue weighted by Crippen LogP contribution is -1.95. The molecule has 9 aromatic rings. The van der Waals surface area contributed by atoms with Gasteiger partial charge in [0.2, 0.25) is 0 Å². The fourth-order valence-electron chi connectivity index (χ4n) is 6.25. The van der Waals surface area contributed by atoms with Crippen molar-refractivity contribution in [2.24, 2.45) is 0 Å². The highest BCUT2D eigenvalue weighted by Gasteiger charge is 2.13. The second kappa shape index (κ2) is 10.7. The second-order valence-electron chi connectivity index (χ2n) is 11.5. The maximum Gasteiger partial charge on any atom is 0.160 e. The molecule has 6 aromatic carbocycles. The average molecular weight is 587 g/mol. The van der Waals surface area contributed by atoms with E-state index in [9.17, 15) is 0 Å². The van der Waals surface area contributed by atoms with Crippen molar-refractivity contribution in [3.8, 4) is 45.2 Å². The monoisotopic (exact) mass is 586 g/mol. The van der Waals surface area contributed by atoms with Crippen molar-refractivity contribution in [2.45, 2.75) is 0 Å². The lowest BCUT2D eigenvalue weighted by Gasteiger charge is -2.11. The van der Waals surface area contributed by atoms with Crippen molar-refractivity contribution in [1.82, 2.24) is 19.9 Å². The van der Waals surface area contributed by atoms with Crippen LogP contribution >= 0.6 is 0 Å². The molecule has 9 rings (SSSR count). The number of nitrogens with zero attached hydrogens (tertiary/aromatic N) is 4. The Labute approximate surface area is 265 Å². The Balaban J connectivity index is 1.13. The lowest BCUT2D eigenvalue weighted by molar-refractivity contribution is 1.23. The van der Waals surface area contributed by atoms with Gasteiger partial charge in [0.15, 0.2) is 5.82 Å². The van der Waals surface area contributed by atoms with Gasteiger partial charge in [-0.3, -0.25) is 0 Å². The molecule has 0 amide bonds. The molecular weight excluding hydrogens is 560 g/mol. The maximum atomic E-state index is 5.15. The molecule has 0 aliphatic carbocycles. The van der Waals surface area contributed by atoms with E-state index in [1.165, 1.54) is 10.8 Å². The molecule has 0 radical (unpaired) electrons. The first-order valence-electron chi connectivity index (χ1n) is 15.4. The quantitative estimate of drug-likeness (QED) is 0.193. The third-order valence-electron chi connectivity index (χ3n) is 8.65. The van der Waals surface area contributed by atoms with E-state index in [-0.39, 0.29) is 0 Å². The average Bonchev–Trinajstić information content (AvgIpc) is 3.14. The van der Waals surface area contributed by atoms with Gasteiger partial charge in [-0.1, -0.05) is 133 Å². The second-order valence-corrected chi connectivity index (χ2v) is 11.5. The fourth-order valence-corrected chi connectivity index (χ4v) is 6.25. The van der Waals surface area contributed by atoms with E-state index in [0.29, 0.717) is 5.82 Å². The Morgan fingerprint density at radius 1 is 0.326 bits per heavy atom. The highest BCUT2D eigenvalue weighted by molar-refractivity contribution is 6.04. The lowest BCUT2D eigenvalue weighted by atomic mass is 10.0. The molecule has 0 aliphatic heterocycles. The molecule has 0 bridgehead atoms. The van der Waals surface area contributed by atoms with Gasteiger partial charge < -0.3 is 0 Å². The standard InChI is InChI=1S/C42H26N4/c1-2-9-28(10-3-1)36-24-22-31-19-20-32-23-25-37(44-41(32)40(31)43-36)29-15-17-30(18-16-29)39-35-12-6-7-13-38(35)45-42(46-39)34-21-14-27-8-4-5-11-33(27)26-34/h1-26H. The number of hydrogen-bond donors (Lipinski definition) is 0. The van der Waals surface area contributed by atoms with Gasteiger partial charge in [0.1, 0.15) is 0 Å². The summed E-state index contributed by atoms with van der Waals surface area (Å²) in [6, 6.07) is 54.5. The summed E-state index contributed by atoms with van der Waals surface area (Å²) < 4.78 is 0. The van der Waals surface area contributed by atoms with Gasteiger partial charge in [-0.05, 0) is 35.0 Å². The molecule has 4 nitrogen and oxygen atoms in total. The molecule has 46 heavy (non-hydrogen) atoms. The number of fused-ring (bicyclic) bond motifs is 5. The Hall–Kier alpha value is -6.26. The SMILES string of the molecule is c1ccc(-c2ccc3ccc4ccc(-c5ccc(-c6nc(-c7ccc8ccccc8c7)nc7ccccc67)cc5)nc4c3n2)cc1. The molecular formula is C42H26N4. The van der Waals surface area contributed by atoms with Gasteiger partial charge in [-0.2, -0.15) is 0 Å². The van der Waals surface area contributed by atoms with Gasteiger partial charge >= 0.3 is 0 Å². The van der Waals surface area contributed by atoms with E-state index in [4.69, 9.17) is 19.9 Å². The molecule has 0 fully saturated rings. The smallest absolute Gasteiger partial charge is 0.160 e. The molecule has 3 aromatic heterocycles. The molecule has 214 valence electrons. The van der Waals surface area contributed by atoms with Crippen LogP contribution in [0.1, 0.15) is 0 Å². The predicted molar refractivity (Wildman–Crippen MR) is 189 cm³/mol. The first-order valence-corrected chi connectivity index (χ1v) is 15.4. The number of para-hydroxylation sites is 1. The molecule has 0 saturated carbocycles. The third kappa shape index (κ3) is 4.56. The highest BCUT2D eigenvalue weighted by atomic mass is 14.9. The number of benzene rings is 6. The van der Waals surface area contributed by atoms with Gasteiger partial charge in [0.05, 0.1) is 33.6 Å². The minimum atomic E-state index is 0.717. The molecule has 0 saturated heterocycles. The van der Waals surface area contributed by atoms with Crippen LogP contribution in [-0.4, -0.2) is 19.9 Å². The van der Waals surface area contributed by atoms with Crippen molar-refractivity contribution >= 4 is 43.5 Å². The normalized spacial score (nSPS) is 11.5. The number of aromatic nitrogens is 4. The van der Waals surface area contributed by atoms with Crippen molar-refractivity contribution in [1.29, 1.82) is 0 Å². The molecule has 0 N–H and O–H groups in total. The minimum absolute atomic E-state index is 0.717. The summed E-state index contributed by atoms with van der Waals surface area (Å²) in [5.74, 6) is 0.717. The molecule has 0 unspecified atom stereocenters. The van der Waals surface area contributed by atoms with Crippen molar-refractivity contribution in [2.75, 3.05) is 0 Å². The fraction of sp³-hybridized carbons (Fsp3) is 0. The van der Waals surface area contributed by atoms with Crippen molar-refractivity contribution in [3.05, 3.63) is 158 Å². The van der Waals surface area contributed by atoms with Gasteiger partial charge in [-0.15, -0.1) is 0 Å². The first kappa shape index (κ1) is 26.2. The van der Waals surface area contributed by atoms with E-state index in [2.05, 4.69) is 127 Å². The van der Waals surface area contributed by atoms with E-state index in [0.717, 1.165) is 72.0 Å². The number of rotatable bonds is 4. The summed E-state index contributed by atoms with van der Waals surface area (Å²) in [7, 11) is 0. The van der Waals surface area contributed by atoms with E-state index in [1.54, 1.807) is 0 Å². The van der Waals surface area contributed by atoms with Crippen LogP contribution in [0.25, 0.3) is 88.6 Å². The van der Waals surface area contributed by atoms with Crippen LogP contribution in [0.4, 0.5) is 0 Å². The predicted octanol–water partition coefficient (Wildman–Crippen LogP) is 10.5. The van der Waals surface area contributed by atoms with Crippen LogP contribution in [0, 0.1) is 0 Å². The van der Waals surface area contributed by atoms with Crippen molar-refractivity contribution < 1.29 is 0 Å². The Bertz CT molecular complexity index is 2570. The Morgan fingerprint density at radius 2 is 0.870 bits per heavy atom. The summed E-state index contributed by atoms with van der Waals surface area (Å²) in [5, 5.41) is 5.54. The van der Waals surface area contributed by atoms with E-state index in [1.807, 2.05) is 30.3 Å². The molecule has 3 heterocycles. The zero-order valence-electron chi connectivity index (χ0n) is 24.8. The van der Waals surface area contributed by atoms with Gasteiger partial charge in [0.25, 0.3) is 0 Å². The van der Waals surface area contributed by atoms with E-state index >= 15 is 0 Å². The largest absolute Gasteiger partial charge is 0.245 e. The van der Waals surface area contributed by atoms with Crippen molar-refractivity contribution in [3.63, 3.8) is 0 Å². The zero-order valence-corrected chi connectivity index (χ0v) is 24.8. The summed E-state index contributed by atoms with van der Waals surface area (Å²) in [6.07, 6.45) is 0. The third-order valence-corrected chi connectivity index (χ3v) is 8.65. The van der Waals surface area contributed by atoms with Crippen LogP contribution in [0.3, 0.4) is 0 Å². The first-order chi connectivity index (χ1) is 22.8. The number of hydrogen-bond acceptors (Lipinski definition) is 4. The number of pyridine rings is 2.